The molecule has 104 valence electrons. The molecule has 0 aliphatic carbocycles. The minimum atomic E-state index is -3.53. The fraction of sp³-hybridized carbons (Fsp3) is 0.600. The highest BCUT2D eigenvalue weighted by Crippen LogP contribution is 2.31. The second kappa shape index (κ2) is 6.97. The van der Waals surface area contributed by atoms with Gasteiger partial charge in [-0.05, 0) is 35.8 Å². The van der Waals surface area contributed by atoms with Crippen LogP contribution in [-0.4, -0.2) is 27.7 Å². The van der Waals surface area contributed by atoms with Crippen molar-refractivity contribution in [3.63, 3.8) is 0 Å². The van der Waals surface area contributed by atoms with Crippen molar-refractivity contribution >= 4 is 37.3 Å². The summed E-state index contributed by atoms with van der Waals surface area (Å²) in [7, 11) is -3.53. The molecule has 3 N–H and O–H groups in total. The molecule has 1 aromatic heterocycles. The van der Waals surface area contributed by atoms with E-state index in [-0.39, 0.29) is 10.9 Å². The van der Waals surface area contributed by atoms with Crippen molar-refractivity contribution in [1.29, 1.82) is 0 Å². The summed E-state index contributed by atoms with van der Waals surface area (Å²) in [6, 6.07) is 1.31. The van der Waals surface area contributed by atoms with Gasteiger partial charge >= 0.3 is 0 Å². The molecule has 0 spiro atoms. The molecular formula is C10H17BrN2O3S2. The quantitative estimate of drug-likeness (QED) is 0.778. The largest absolute Gasteiger partial charge is 0.380 e. The molecule has 0 radical (unpaired) electrons. The molecule has 0 aliphatic heterocycles. The molecule has 1 aromatic rings. The maximum Gasteiger partial charge on any atom is 0.242 e. The number of rotatable bonds is 7. The standard InChI is InChI=1S/C10H17BrN2O3S2/c1-3-16-6-7(2)13-18(14,15)9-4-8(5-12)17-10(9)11/h4,7,13H,3,5-6,12H2,1-2H3. The first-order valence-electron chi connectivity index (χ1n) is 5.49. The Labute approximate surface area is 120 Å². The van der Waals surface area contributed by atoms with Gasteiger partial charge in [0.05, 0.1) is 10.4 Å². The molecule has 8 heteroatoms. The fourth-order valence-corrected chi connectivity index (χ4v) is 5.13. The molecular weight excluding hydrogens is 340 g/mol. The molecule has 1 rings (SSSR count). The zero-order valence-corrected chi connectivity index (χ0v) is 13.5. The number of nitrogens with one attached hydrogen (secondary N) is 1. The highest BCUT2D eigenvalue weighted by molar-refractivity contribution is 9.11. The summed E-state index contributed by atoms with van der Waals surface area (Å²) in [5.41, 5.74) is 5.50. The van der Waals surface area contributed by atoms with Gasteiger partial charge < -0.3 is 10.5 Å². The normalized spacial score (nSPS) is 13.8. The van der Waals surface area contributed by atoms with Crippen LogP contribution in [0.15, 0.2) is 14.7 Å². The number of halogens is 1. The molecule has 0 bridgehead atoms. The van der Waals surface area contributed by atoms with Crippen LogP contribution >= 0.6 is 27.3 Å². The van der Waals surface area contributed by atoms with E-state index in [1.807, 2.05) is 6.92 Å². The van der Waals surface area contributed by atoms with Gasteiger partial charge in [-0.2, -0.15) is 0 Å². The van der Waals surface area contributed by atoms with Gasteiger partial charge in [0.2, 0.25) is 10.0 Å². The molecule has 0 aromatic carbocycles. The van der Waals surface area contributed by atoms with Crippen LogP contribution in [0.4, 0.5) is 0 Å². The Hall–Kier alpha value is 0.01000. The zero-order chi connectivity index (χ0) is 13.8. The Bertz CT molecular complexity index is 487. The summed E-state index contributed by atoms with van der Waals surface area (Å²) < 4.78 is 32.6. The maximum atomic E-state index is 12.1. The maximum absolute atomic E-state index is 12.1. The van der Waals surface area contributed by atoms with Crippen LogP contribution in [0.1, 0.15) is 18.7 Å². The predicted molar refractivity (Wildman–Crippen MR) is 76.2 cm³/mol. The Kier molecular flexibility index (Phi) is 6.22. The summed E-state index contributed by atoms with van der Waals surface area (Å²) in [6.07, 6.45) is 0. The van der Waals surface area contributed by atoms with Gasteiger partial charge in [0.1, 0.15) is 4.90 Å². The Morgan fingerprint density at radius 1 is 1.61 bits per heavy atom. The predicted octanol–water partition coefficient (Wildman–Crippen LogP) is 1.67. The van der Waals surface area contributed by atoms with Gasteiger partial charge in [0.15, 0.2) is 0 Å². The molecule has 0 aliphatic rings. The number of hydrogen-bond donors (Lipinski definition) is 2. The molecule has 0 amide bonds. The van der Waals surface area contributed by atoms with Crippen LogP contribution < -0.4 is 10.5 Å². The third kappa shape index (κ3) is 4.29. The summed E-state index contributed by atoms with van der Waals surface area (Å²) >= 11 is 4.58. The summed E-state index contributed by atoms with van der Waals surface area (Å²) in [5.74, 6) is 0. The first-order chi connectivity index (χ1) is 8.40. The average Bonchev–Trinajstić information content (AvgIpc) is 2.68. The van der Waals surface area contributed by atoms with Crippen LogP contribution in [0.3, 0.4) is 0 Å². The lowest BCUT2D eigenvalue weighted by molar-refractivity contribution is 0.133. The Balaban J connectivity index is 2.82. The Morgan fingerprint density at radius 3 is 2.78 bits per heavy atom. The first-order valence-corrected chi connectivity index (χ1v) is 8.58. The SMILES string of the molecule is CCOCC(C)NS(=O)(=O)c1cc(CN)sc1Br. The van der Waals surface area contributed by atoms with Gasteiger partial charge in [0.25, 0.3) is 0 Å². The van der Waals surface area contributed by atoms with Crippen molar-refractivity contribution in [2.75, 3.05) is 13.2 Å². The second-order valence-corrected chi connectivity index (χ2v) is 7.87. The van der Waals surface area contributed by atoms with E-state index in [1.54, 1.807) is 13.0 Å². The van der Waals surface area contributed by atoms with Crippen molar-refractivity contribution in [2.45, 2.75) is 31.3 Å². The van der Waals surface area contributed by atoms with Gasteiger partial charge in [-0.25, -0.2) is 13.1 Å². The van der Waals surface area contributed by atoms with E-state index in [1.165, 1.54) is 11.3 Å². The van der Waals surface area contributed by atoms with Crippen LogP contribution in [0.2, 0.25) is 0 Å². The monoisotopic (exact) mass is 356 g/mol. The molecule has 1 unspecified atom stereocenters. The lowest BCUT2D eigenvalue weighted by Crippen LogP contribution is -2.35. The van der Waals surface area contributed by atoms with E-state index in [0.29, 0.717) is 23.5 Å². The van der Waals surface area contributed by atoms with Crippen molar-refractivity contribution < 1.29 is 13.2 Å². The highest BCUT2D eigenvalue weighted by atomic mass is 79.9. The number of ether oxygens (including phenoxy) is 1. The highest BCUT2D eigenvalue weighted by Gasteiger charge is 2.22. The summed E-state index contributed by atoms with van der Waals surface area (Å²) in [6.45, 7) is 4.86. The number of hydrogen-bond acceptors (Lipinski definition) is 5. The Morgan fingerprint density at radius 2 is 2.28 bits per heavy atom. The fourth-order valence-electron chi connectivity index (χ4n) is 1.34. The van der Waals surface area contributed by atoms with Gasteiger partial charge in [-0.1, -0.05) is 0 Å². The van der Waals surface area contributed by atoms with E-state index in [0.717, 1.165) is 4.88 Å². The van der Waals surface area contributed by atoms with Crippen LogP contribution in [-0.2, 0) is 21.3 Å². The molecule has 0 saturated heterocycles. The van der Waals surface area contributed by atoms with Crippen molar-refractivity contribution in [3.05, 3.63) is 14.7 Å². The number of nitrogens with two attached hydrogens (primary N) is 1. The van der Waals surface area contributed by atoms with Crippen LogP contribution in [0, 0.1) is 0 Å². The lowest BCUT2D eigenvalue weighted by Gasteiger charge is -2.13. The lowest BCUT2D eigenvalue weighted by atomic mass is 10.4. The van der Waals surface area contributed by atoms with Crippen LogP contribution in [0.5, 0.6) is 0 Å². The molecule has 5 nitrogen and oxygen atoms in total. The average molecular weight is 357 g/mol. The third-order valence-corrected chi connectivity index (χ3v) is 5.99. The van der Waals surface area contributed by atoms with Crippen molar-refractivity contribution in [2.24, 2.45) is 5.73 Å². The van der Waals surface area contributed by atoms with E-state index in [2.05, 4.69) is 20.7 Å². The van der Waals surface area contributed by atoms with E-state index < -0.39 is 10.0 Å². The molecule has 18 heavy (non-hydrogen) atoms. The van der Waals surface area contributed by atoms with Crippen molar-refractivity contribution in [3.8, 4) is 0 Å². The molecule has 0 fully saturated rings. The van der Waals surface area contributed by atoms with Gasteiger partial charge in [-0.15, -0.1) is 11.3 Å². The second-order valence-electron chi connectivity index (χ2n) is 3.74. The first kappa shape index (κ1) is 16.1. The smallest absolute Gasteiger partial charge is 0.242 e. The molecule has 1 atom stereocenters. The molecule has 0 saturated carbocycles. The zero-order valence-electron chi connectivity index (χ0n) is 10.3. The van der Waals surface area contributed by atoms with Gasteiger partial charge in [-0.3, -0.25) is 0 Å². The van der Waals surface area contributed by atoms with Crippen molar-refractivity contribution in [1.82, 2.24) is 4.72 Å². The van der Waals surface area contributed by atoms with E-state index in [4.69, 9.17) is 10.5 Å². The minimum absolute atomic E-state index is 0.233. The third-order valence-electron chi connectivity index (χ3n) is 2.13. The summed E-state index contributed by atoms with van der Waals surface area (Å²) in [4.78, 5) is 1.05. The number of sulfonamides is 1. The number of thiophene rings is 1. The van der Waals surface area contributed by atoms with E-state index >= 15 is 0 Å². The minimum Gasteiger partial charge on any atom is -0.380 e. The van der Waals surface area contributed by atoms with Gasteiger partial charge in [0, 0.05) is 24.1 Å². The topological polar surface area (TPSA) is 81.4 Å². The van der Waals surface area contributed by atoms with E-state index in [9.17, 15) is 8.42 Å². The summed E-state index contributed by atoms with van der Waals surface area (Å²) in [5, 5.41) is 0. The van der Waals surface area contributed by atoms with Crippen LogP contribution in [0.25, 0.3) is 0 Å². The molecule has 1 heterocycles.